The number of nitrogens with zero attached hydrogens (tertiary/aromatic N) is 1. The van der Waals surface area contributed by atoms with Crippen LogP contribution in [0.2, 0.25) is 0 Å². The summed E-state index contributed by atoms with van der Waals surface area (Å²) in [5, 5.41) is 3.27. The first-order chi connectivity index (χ1) is 3.72. The molecule has 0 aliphatic rings. The van der Waals surface area contributed by atoms with Crippen molar-refractivity contribution in [2.75, 3.05) is 6.26 Å². The minimum Gasteiger partial charge on any atom is -0.205 e. The van der Waals surface area contributed by atoms with E-state index in [1.165, 1.54) is 0 Å². The number of hydrogen-bond acceptors (Lipinski definition) is 3. The molecule has 0 amide bonds. The second-order valence-electron chi connectivity index (χ2n) is 1.46. The molecule has 0 saturated carbocycles. The standard InChI is InChI=1S/C5H10N2S/c1-4(7-6)5(2)8-3/h6H,1-3H3/b5-4-,7-6?. The first-order valence-corrected chi connectivity index (χ1v) is 3.53. The Bertz CT molecular complexity index is 118. The Morgan fingerprint density at radius 1 is 1.50 bits per heavy atom. The van der Waals surface area contributed by atoms with Gasteiger partial charge in [-0.1, -0.05) is 0 Å². The topological polar surface area (TPSA) is 36.2 Å². The molecule has 3 heteroatoms. The fourth-order valence-corrected chi connectivity index (χ4v) is 0.567. The van der Waals surface area contributed by atoms with E-state index in [-0.39, 0.29) is 0 Å². The van der Waals surface area contributed by atoms with Crippen LogP contribution in [0.5, 0.6) is 0 Å². The fourth-order valence-electron chi connectivity index (χ4n) is 0.226. The summed E-state index contributed by atoms with van der Waals surface area (Å²) in [4.78, 5) is 1.11. The molecule has 0 aliphatic carbocycles. The highest BCUT2D eigenvalue weighted by Crippen LogP contribution is 2.15. The van der Waals surface area contributed by atoms with Gasteiger partial charge in [-0.05, 0) is 20.1 Å². The monoisotopic (exact) mass is 130 g/mol. The maximum Gasteiger partial charge on any atom is 0.0684 e. The molecule has 0 aromatic carbocycles. The van der Waals surface area contributed by atoms with Crippen LogP contribution in [0.25, 0.3) is 0 Å². The van der Waals surface area contributed by atoms with Crippen LogP contribution < -0.4 is 0 Å². The average molecular weight is 130 g/mol. The zero-order chi connectivity index (χ0) is 6.57. The molecule has 0 fully saturated rings. The Hall–Kier alpha value is -0.310. The predicted molar refractivity (Wildman–Crippen MR) is 37.0 cm³/mol. The minimum atomic E-state index is 0.803. The molecule has 0 bridgehead atoms. The number of rotatable bonds is 2. The lowest BCUT2D eigenvalue weighted by atomic mass is 10.5. The Kier molecular flexibility index (Phi) is 3.52. The highest BCUT2D eigenvalue weighted by Gasteiger charge is 1.89. The number of nitrogens with one attached hydrogen (secondary N) is 1. The Balaban J connectivity index is 4.03. The summed E-state index contributed by atoms with van der Waals surface area (Å²) in [7, 11) is 0. The third kappa shape index (κ3) is 2.12. The van der Waals surface area contributed by atoms with Gasteiger partial charge in [-0.25, -0.2) is 5.53 Å². The van der Waals surface area contributed by atoms with Crippen LogP contribution in [0.3, 0.4) is 0 Å². The van der Waals surface area contributed by atoms with Crippen molar-refractivity contribution in [1.29, 1.82) is 5.53 Å². The van der Waals surface area contributed by atoms with Gasteiger partial charge in [0.15, 0.2) is 0 Å². The van der Waals surface area contributed by atoms with Crippen molar-refractivity contribution >= 4 is 11.8 Å². The van der Waals surface area contributed by atoms with Gasteiger partial charge in [0, 0.05) is 4.91 Å². The van der Waals surface area contributed by atoms with Crippen LogP contribution >= 0.6 is 11.8 Å². The van der Waals surface area contributed by atoms with E-state index < -0.39 is 0 Å². The molecule has 0 spiro atoms. The van der Waals surface area contributed by atoms with Gasteiger partial charge >= 0.3 is 0 Å². The number of hydrogen-bond donors (Lipinski definition) is 1. The highest BCUT2D eigenvalue weighted by molar-refractivity contribution is 8.02. The van der Waals surface area contributed by atoms with Crippen molar-refractivity contribution in [3.63, 3.8) is 0 Å². The first-order valence-electron chi connectivity index (χ1n) is 2.31. The minimum absolute atomic E-state index is 0.803. The van der Waals surface area contributed by atoms with Gasteiger partial charge in [0.25, 0.3) is 0 Å². The summed E-state index contributed by atoms with van der Waals surface area (Å²) in [5.41, 5.74) is 7.40. The molecule has 0 heterocycles. The van der Waals surface area contributed by atoms with E-state index >= 15 is 0 Å². The molecule has 46 valence electrons. The summed E-state index contributed by atoms with van der Waals surface area (Å²) in [5.74, 6) is 0. The van der Waals surface area contributed by atoms with Crippen molar-refractivity contribution < 1.29 is 0 Å². The van der Waals surface area contributed by atoms with Crippen LogP contribution in [0.15, 0.2) is 15.7 Å². The maximum absolute atomic E-state index is 6.60. The summed E-state index contributed by atoms with van der Waals surface area (Å²) in [6.07, 6.45) is 1.98. The molecule has 0 unspecified atom stereocenters. The van der Waals surface area contributed by atoms with Gasteiger partial charge in [-0.15, -0.1) is 11.8 Å². The van der Waals surface area contributed by atoms with Gasteiger partial charge < -0.3 is 0 Å². The third-order valence-electron chi connectivity index (χ3n) is 0.983. The molecular weight excluding hydrogens is 120 g/mol. The van der Waals surface area contributed by atoms with Crippen LogP contribution in [0.1, 0.15) is 13.8 Å². The zero-order valence-corrected chi connectivity index (χ0v) is 6.17. The van der Waals surface area contributed by atoms with Crippen LogP contribution in [-0.4, -0.2) is 6.26 Å². The number of allylic oxidation sites excluding steroid dienone is 2. The largest absolute Gasteiger partial charge is 0.205 e. The molecule has 0 aromatic rings. The number of thioether (sulfide) groups is 1. The molecular formula is C5H10N2S. The van der Waals surface area contributed by atoms with Gasteiger partial charge in [-0.2, -0.15) is 5.11 Å². The van der Waals surface area contributed by atoms with Gasteiger partial charge in [-0.3, -0.25) is 0 Å². The van der Waals surface area contributed by atoms with Gasteiger partial charge in [0.1, 0.15) is 0 Å². The van der Waals surface area contributed by atoms with Crippen LogP contribution in [0, 0.1) is 5.53 Å². The van der Waals surface area contributed by atoms with Crippen molar-refractivity contribution in [3.05, 3.63) is 10.6 Å². The molecule has 0 aliphatic heterocycles. The quantitative estimate of drug-likeness (QED) is 0.573. The summed E-state index contributed by atoms with van der Waals surface area (Å²) in [6.45, 7) is 3.79. The third-order valence-corrected chi connectivity index (χ3v) is 1.89. The van der Waals surface area contributed by atoms with E-state index in [1.807, 2.05) is 20.1 Å². The van der Waals surface area contributed by atoms with E-state index in [1.54, 1.807) is 11.8 Å². The average Bonchev–Trinajstić information content (AvgIpc) is 1.84. The van der Waals surface area contributed by atoms with Crippen molar-refractivity contribution in [1.82, 2.24) is 0 Å². The molecule has 0 atom stereocenters. The van der Waals surface area contributed by atoms with E-state index in [0.717, 1.165) is 10.6 Å². The summed E-state index contributed by atoms with van der Waals surface area (Å²) in [6, 6.07) is 0. The molecule has 0 aromatic heterocycles. The lowest BCUT2D eigenvalue weighted by molar-refractivity contribution is 1.05. The summed E-state index contributed by atoms with van der Waals surface area (Å²) < 4.78 is 0. The van der Waals surface area contributed by atoms with E-state index in [2.05, 4.69) is 5.11 Å². The van der Waals surface area contributed by atoms with Crippen LogP contribution in [0.4, 0.5) is 0 Å². The van der Waals surface area contributed by atoms with E-state index in [9.17, 15) is 0 Å². The molecule has 0 saturated heterocycles. The van der Waals surface area contributed by atoms with Crippen molar-refractivity contribution in [3.8, 4) is 0 Å². The maximum atomic E-state index is 6.60. The highest BCUT2D eigenvalue weighted by atomic mass is 32.2. The Morgan fingerprint density at radius 2 is 2.00 bits per heavy atom. The van der Waals surface area contributed by atoms with Crippen molar-refractivity contribution in [2.24, 2.45) is 5.11 Å². The Labute approximate surface area is 53.9 Å². The first kappa shape index (κ1) is 7.69. The molecule has 0 rings (SSSR count). The predicted octanol–water partition coefficient (Wildman–Crippen LogP) is 2.63. The lowest BCUT2D eigenvalue weighted by Gasteiger charge is -1.93. The zero-order valence-electron chi connectivity index (χ0n) is 5.36. The molecule has 0 radical (unpaired) electrons. The fraction of sp³-hybridized carbons (Fsp3) is 0.600. The lowest BCUT2D eigenvalue weighted by Crippen LogP contribution is -1.70. The normalized spacial score (nSPS) is 12.9. The van der Waals surface area contributed by atoms with E-state index in [4.69, 9.17) is 5.53 Å². The second kappa shape index (κ2) is 3.66. The van der Waals surface area contributed by atoms with Crippen LogP contribution in [-0.2, 0) is 0 Å². The summed E-state index contributed by atoms with van der Waals surface area (Å²) >= 11 is 1.62. The second-order valence-corrected chi connectivity index (χ2v) is 2.48. The van der Waals surface area contributed by atoms with Gasteiger partial charge in [0.2, 0.25) is 0 Å². The van der Waals surface area contributed by atoms with Crippen molar-refractivity contribution in [2.45, 2.75) is 13.8 Å². The molecule has 8 heavy (non-hydrogen) atoms. The molecule has 2 nitrogen and oxygen atoms in total. The van der Waals surface area contributed by atoms with Gasteiger partial charge in [0.05, 0.1) is 5.70 Å². The Morgan fingerprint density at radius 3 is 2.12 bits per heavy atom. The smallest absolute Gasteiger partial charge is 0.0684 e. The van der Waals surface area contributed by atoms with E-state index in [0.29, 0.717) is 0 Å². The SMILES string of the molecule is CS/C(C)=C(/C)N=N. The molecule has 1 N–H and O–H groups in total.